The molecule has 0 heterocycles. The summed E-state index contributed by atoms with van der Waals surface area (Å²) >= 11 is 0. The van der Waals surface area contributed by atoms with Crippen LogP contribution in [0.3, 0.4) is 0 Å². The highest BCUT2D eigenvalue weighted by molar-refractivity contribution is 6.01. The quantitative estimate of drug-likeness (QED) is 0.786. The van der Waals surface area contributed by atoms with Gasteiger partial charge in [0.1, 0.15) is 5.75 Å². The van der Waals surface area contributed by atoms with Crippen LogP contribution in [-0.4, -0.2) is 41.6 Å². The normalized spacial score (nSPS) is 12.6. The van der Waals surface area contributed by atoms with E-state index in [1.807, 2.05) is 37.3 Å². The van der Waals surface area contributed by atoms with Crippen molar-refractivity contribution in [3.8, 4) is 5.75 Å². The van der Waals surface area contributed by atoms with E-state index < -0.39 is 0 Å². The molecule has 2 aromatic carbocycles. The van der Waals surface area contributed by atoms with E-state index in [9.17, 15) is 14.7 Å². The van der Waals surface area contributed by atoms with Crippen LogP contribution in [0.5, 0.6) is 5.75 Å². The maximum Gasteiger partial charge on any atom is 0.322 e. The molecular formula is C21H24N2O4. The van der Waals surface area contributed by atoms with Crippen molar-refractivity contribution in [2.75, 3.05) is 25.1 Å². The van der Waals surface area contributed by atoms with E-state index in [2.05, 4.69) is 5.32 Å². The molecule has 0 aromatic heterocycles. The first-order valence-electron chi connectivity index (χ1n) is 9.15. The number of fused-ring (bicyclic) bond motifs is 1. The minimum absolute atomic E-state index is 0.128. The number of Topliss-reactive ketones (excluding diaryl/α,β-unsaturated/α-hetero) is 1. The van der Waals surface area contributed by atoms with Gasteiger partial charge in [-0.15, -0.1) is 0 Å². The van der Waals surface area contributed by atoms with Crippen molar-refractivity contribution in [3.63, 3.8) is 0 Å². The standard InChI is InChI=1S/C21H24N2O4/c1-2-27-18-5-3-4-15(12-18)14-23(10-11-24)21(26)22-17-7-8-19-16(13-17)6-9-20(19)25/h3-5,7-8,12-13,24H,2,6,9-11,14H2,1H3,(H,22,26). The number of rotatable bonds is 7. The second-order valence-corrected chi connectivity index (χ2v) is 6.45. The molecule has 0 atom stereocenters. The van der Waals surface area contributed by atoms with Gasteiger partial charge >= 0.3 is 6.03 Å². The Labute approximate surface area is 158 Å². The molecule has 0 bridgehead atoms. The lowest BCUT2D eigenvalue weighted by molar-refractivity contribution is 0.0994. The van der Waals surface area contributed by atoms with Gasteiger partial charge in [-0.25, -0.2) is 4.79 Å². The topological polar surface area (TPSA) is 78.9 Å². The highest BCUT2D eigenvalue weighted by atomic mass is 16.5. The molecule has 0 saturated carbocycles. The molecule has 2 amide bonds. The number of aliphatic hydroxyl groups excluding tert-OH is 1. The third kappa shape index (κ3) is 4.65. The minimum atomic E-state index is -0.296. The molecule has 0 fully saturated rings. The molecule has 0 saturated heterocycles. The summed E-state index contributed by atoms with van der Waals surface area (Å²) < 4.78 is 5.50. The number of urea groups is 1. The molecule has 1 aliphatic carbocycles. The average molecular weight is 368 g/mol. The van der Waals surface area contributed by atoms with E-state index in [1.54, 1.807) is 17.0 Å². The van der Waals surface area contributed by atoms with E-state index in [-0.39, 0.29) is 25.0 Å². The number of anilines is 1. The van der Waals surface area contributed by atoms with Gasteiger partial charge in [-0.2, -0.15) is 0 Å². The first kappa shape index (κ1) is 18.9. The highest BCUT2D eigenvalue weighted by Crippen LogP contribution is 2.25. The number of ether oxygens (including phenoxy) is 1. The summed E-state index contributed by atoms with van der Waals surface area (Å²) in [6.07, 6.45) is 1.24. The average Bonchev–Trinajstić information content (AvgIpc) is 3.02. The van der Waals surface area contributed by atoms with Crippen LogP contribution in [0.1, 0.15) is 34.8 Å². The fourth-order valence-corrected chi connectivity index (χ4v) is 3.23. The summed E-state index contributed by atoms with van der Waals surface area (Å²) in [7, 11) is 0. The first-order valence-corrected chi connectivity index (χ1v) is 9.15. The van der Waals surface area contributed by atoms with E-state index in [0.29, 0.717) is 31.7 Å². The third-order valence-electron chi connectivity index (χ3n) is 4.52. The third-order valence-corrected chi connectivity index (χ3v) is 4.52. The summed E-state index contributed by atoms with van der Waals surface area (Å²) in [6.45, 7) is 2.94. The molecule has 142 valence electrons. The zero-order valence-corrected chi connectivity index (χ0v) is 15.4. The van der Waals surface area contributed by atoms with Crippen molar-refractivity contribution in [3.05, 3.63) is 59.2 Å². The Bertz CT molecular complexity index is 835. The largest absolute Gasteiger partial charge is 0.494 e. The fraction of sp³-hybridized carbons (Fsp3) is 0.333. The number of carbonyl (C=O) groups is 2. The van der Waals surface area contributed by atoms with Crippen LogP contribution < -0.4 is 10.1 Å². The van der Waals surface area contributed by atoms with Crippen LogP contribution in [0.25, 0.3) is 0 Å². The van der Waals surface area contributed by atoms with Crippen LogP contribution >= 0.6 is 0 Å². The number of amides is 2. The van der Waals surface area contributed by atoms with Crippen molar-refractivity contribution in [1.29, 1.82) is 0 Å². The van der Waals surface area contributed by atoms with Crippen molar-refractivity contribution >= 4 is 17.5 Å². The molecule has 3 rings (SSSR count). The van der Waals surface area contributed by atoms with Crippen LogP contribution in [-0.2, 0) is 13.0 Å². The molecule has 2 N–H and O–H groups in total. The number of hydrogen-bond acceptors (Lipinski definition) is 4. The monoisotopic (exact) mass is 368 g/mol. The van der Waals surface area contributed by atoms with Gasteiger partial charge in [0.2, 0.25) is 0 Å². The highest BCUT2D eigenvalue weighted by Gasteiger charge is 2.20. The molecule has 6 nitrogen and oxygen atoms in total. The van der Waals surface area contributed by atoms with Crippen molar-refractivity contribution in [1.82, 2.24) is 4.90 Å². The Morgan fingerprint density at radius 2 is 2.07 bits per heavy atom. The first-order chi connectivity index (χ1) is 13.1. The number of nitrogens with one attached hydrogen (secondary N) is 1. The Morgan fingerprint density at radius 1 is 1.22 bits per heavy atom. The number of benzene rings is 2. The zero-order chi connectivity index (χ0) is 19.2. The van der Waals surface area contributed by atoms with Gasteiger partial charge in [-0.05, 0) is 54.8 Å². The second-order valence-electron chi connectivity index (χ2n) is 6.45. The van der Waals surface area contributed by atoms with Gasteiger partial charge < -0.3 is 20.1 Å². The second kappa shape index (κ2) is 8.68. The van der Waals surface area contributed by atoms with Crippen LogP contribution in [0.4, 0.5) is 10.5 Å². The number of nitrogens with zero attached hydrogens (tertiary/aromatic N) is 1. The number of ketones is 1. The molecule has 2 aromatic rings. The van der Waals surface area contributed by atoms with E-state index in [4.69, 9.17) is 4.74 Å². The van der Waals surface area contributed by atoms with Crippen molar-refractivity contribution < 1.29 is 19.4 Å². The Hall–Kier alpha value is -2.86. The lowest BCUT2D eigenvalue weighted by Gasteiger charge is -2.23. The Morgan fingerprint density at radius 3 is 2.85 bits per heavy atom. The van der Waals surface area contributed by atoms with Gasteiger partial charge in [0, 0.05) is 30.8 Å². The molecule has 6 heteroatoms. The number of aliphatic hydroxyl groups is 1. The van der Waals surface area contributed by atoms with Gasteiger partial charge in [0.05, 0.1) is 13.2 Å². The molecule has 0 aliphatic heterocycles. The van der Waals surface area contributed by atoms with E-state index >= 15 is 0 Å². The molecule has 0 unspecified atom stereocenters. The number of hydrogen-bond donors (Lipinski definition) is 2. The maximum atomic E-state index is 12.7. The smallest absolute Gasteiger partial charge is 0.322 e. The summed E-state index contributed by atoms with van der Waals surface area (Å²) in [5.41, 5.74) is 3.28. The van der Waals surface area contributed by atoms with Crippen LogP contribution in [0, 0.1) is 0 Å². The number of aryl methyl sites for hydroxylation is 1. The molecule has 0 radical (unpaired) electrons. The molecular weight excluding hydrogens is 344 g/mol. The van der Waals surface area contributed by atoms with Crippen molar-refractivity contribution in [2.24, 2.45) is 0 Å². The lowest BCUT2D eigenvalue weighted by atomic mass is 10.1. The van der Waals surface area contributed by atoms with Crippen LogP contribution in [0.2, 0.25) is 0 Å². The molecule has 27 heavy (non-hydrogen) atoms. The van der Waals surface area contributed by atoms with Crippen molar-refractivity contribution in [2.45, 2.75) is 26.3 Å². The summed E-state index contributed by atoms with van der Waals surface area (Å²) in [5.74, 6) is 0.904. The Kier molecular flexibility index (Phi) is 6.08. The van der Waals surface area contributed by atoms with Gasteiger partial charge in [0.25, 0.3) is 0 Å². The fourth-order valence-electron chi connectivity index (χ4n) is 3.23. The Balaban J connectivity index is 1.70. The SMILES string of the molecule is CCOc1cccc(CN(CCO)C(=O)Nc2ccc3c(c2)CCC3=O)c1. The van der Waals surface area contributed by atoms with Crippen LogP contribution in [0.15, 0.2) is 42.5 Å². The van der Waals surface area contributed by atoms with Gasteiger partial charge in [-0.3, -0.25) is 4.79 Å². The summed E-state index contributed by atoms with van der Waals surface area (Å²) in [6, 6.07) is 12.6. The summed E-state index contributed by atoms with van der Waals surface area (Å²) in [5, 5.41) is 12.2. The minimum Gasteiger partial charge on any atom is -0.494 e. The van der Waals surface area contributed by atoms with E-state index in [1.165, 1.54) is 0 Å². The summed E-state index contributed by atoms with van der Waals surface area (Å²) in [4.78, 5) is 26.0. The zero-order valence-electron chi connectivity index (χ0n) is 15.4. The maximum absolute atomic E-state index is 12.7. The molecule has 0 spiro atoms. The predicted molar refractivity (Wildman–Crippen MR) is 103 cm³/mol. The van der Waals surface area contributed by atoms with Gasteiger partial charge in [-0.1, -0.05) is 12.1 Å². The molecule has 1 aliphatic rings. The van der Waals surface area contributed by atoms with Gasteiger partial charge in [0.15, 0.2) is 5.78 Å². The predicted octanol–water partition coefficient (Wildman–Crippen LogP) is 3.24. The number of carbonyl (C=O) groups excluding carboxylic acids is 2. The van der Waals surface area contributed by atoms with E-state index in [0.717, 1.165) is 22.4 Å². The lowest BCUT2D eigenvalue weighted by Crippen LogP contribution is -2.36.